The van der Waals surface area contributed by atoms with E-state index in [2.05, 4.69) is 10.1 Å². The van der Waals surface area contributed by atoms with Crippen LogP contribution in [0.1, 0.15) is 11.1 Å². The number of hydrogen-bond acceptors (Lipinski definition) is 5. The fraction of sp³-hybridized carbons (Fsp3) is 0.200. The summed E-state index contributed by atoms with van der Waals surface area (Å²) in [5, 5.41) is 3.06. The Kier molecular flexibility index (Phi) is 7.97. The van der Waals surface area contributed by atoms with Gasteiger partial charge >= 0.3 is 12.6 Å². The van der Waals surface area contributed by atoms with Crippen LogP contribution in [0.25, 0.3) is 6.08 Å². The third kappa shape index (κ3) is 7.08. The zero-order valence-corrected chi connectivity index (χ0v) is 16.3. The SMILES string of the molecule is COc1cc(/C=C/C(=O)OCC(=O)Nc2ccc(C)c(Cl)c2)ccc1OC(F)F. The molecular weight excluding hydrogens is 408 g/mol. The van der Waals surface area contributed by atoms with Gasteiger partial charge in [-0.2, -0.15) is 8.78 Å². The first-order valence-electron chi connectivity index (χ1n) is 8.32. The van der Waals surface area contributed by atoms with Gasteiger partial charge in [0.15, 0.2) is 18.1 Å². The standard InChI is InChI=1S/C20H18ClF2NO5/c1-12-3-6-14(10-15(12)21)24-18(25)11-28-19(26)8-5-13-4-7-16(29-20(22)23)17(9-13)27-2/h3-10,20H,11H2,1-2H3,(H,24,25)/b8-5+. The number of methoxy groups -OCH3 is 1. The summed E-state index contributed by atoms with van der Waals surface area (Å²) in [4.78, 5) is 23.6. The molecule has 6 nitrogen and oxygen atoms in total. The Hall–Kier alpha value is -3.13. The lowest BCUT2D eigenvalue weighted by atomic mass is 10.2. The van der Waals surface area contributed by atoms with Gasteiger partial charge in [0.2, 0.25) is 0 Å². The van der Waals surface area contributed by atoms with E-state index < -0.39 is 25.1 Å². The van der Waals surface area contributed by atoms with Crippen molar-refractivity contribution in [3.63, 3.8) is 0 Å². The van der Waals surface area contributed by atoms with Gasteiger partial charge < -0.3 is 19.5 Å². The van der Waals surface area contributed by atoms with E-state index in [-0.39, 0.29) is 11.5 Å². The summed E-state index contributed by atoms with van der Waals surface area (Å²) >= 11 is 5.98. The van der Waals surface area contributed by atoms with Crippen LogP contribution >= 0.6 is 11.6 Å². The predicted molar refractivity (Wildman–Crippen MR) is 104 cm³/mol. The Balaban J connectivity index is 1.88. The summed E-state index contributed by atoms with van der Waals surface area (Å²) in [5.41, 5.74) is 1.83. The summed E-state index contributed by atoms with van der Waals surface area (Å²) in [6.07, 6.45) is 2.48. The maximum absolute atomic E-state index is 12.3. The molecule has 2 aromatic carbocycles. The van der Waals surface area contributed by atoms with E-state index >= 15 is 0 Å². The van der Waals surface area contributed by atoms with Crippen molar-refractivity contribution in [2.45, 2.75) is 13.5 Å². The molecule has 0 bridgehead atoms. The van der Waals surface area contributed by atoms with Crippen molar-refractivity contribution >= 4 is 35.2 Å². The molecule has 0 saturated carbocycles. The Bertz CT molecular complexity index is 918. The van der Waals surface area contributed by atoms with Crippen LogP contribution in [0.2, 0.25) is 5.02 Å². The molecule has 9 heteroatoms. The molecule has 0 heterocycles. The number of alkyl halides is 2. The lowest BCUT2D eigenvalue weighted by Gasteiger charge is -2.10. The molecule has 0 aliphatic rings. The van der Waals surface area contributed by atoms with Crippen LogP contribution in [-0.2, 0) is 14.3 Å². The number of nitrogens with one attached hydrogen (secondary N) is 1. The molecule has 0 aliphatic heterocycles. The van der Waals surface area contributed by atoms with Crippen LogP contribution in [0, 0.1) is 6.92 Å². The molecule has 29 heavy (non-hydrogen) atoms. The quantitative estimate of drug-likeness (QED) is 0.499. The van der Waals surface area contributed by atoms with Crippen molar-refractivity contribution in [1.82, 2.24) is 0 Å². The van der Waals surface area contributed by atoms with E-state index in [0.717, 1.165) is 11.6 Å². The third-order valence-corrected chi connectivity index (χ3v) is 4.02. The second-order valence-corrected chi connectivity index (χ2v) is 6.15. The van der Waals surface area contributed by atoms with Crippen molar-refractivity contribution in [2.75, 3.05) is 19.0 Å². The second-order valence-electron chi connectivity index (χ2n) is 5.74. The molecule has 1 N–H and O–H groups in total. The zero-order chi connectivity index (χ0) is 21.4. The number of anilines is 1. The Morgan fingerprint density at radius 3 is 2.59 bits per heavy atom. The van der Waals surface area contributed by atoms with E-state index in [4.69, 9.17) is 21.1 Å². The first-order valence-corrected chi connectivity index (χ1v) is 8.70. The van der Waals surface area contributed by atoms with E-state index in [0.29, 0.717) is 16.3 Å². The molecule has 0 fully saturated rings. The lowest BCUT2D eigenvalue weighted by Crippen LogP contribution is -2.20. The first-order chi connectivity index (χ1) is 13.8. The van der Waals surface area contributed by atoms with E-state index in [1.165, 1.54) is 31.4 Å². The molecule has 2 rings (SSSR count). The number of rotatable bonds is 8. The van der Waals surface area contributed by atoms with Gasteiger partial charge in [-0.05, 0) is 48.4 Å². The van der Waals surface area contributed by atoms with Gasteiger partial charge in [0.25, 0.3) is 5.91 Å². The molecular formula is C20H18ClF2NO5. The second kappa shape index (κ2) is 10.4. The molecule has 0 atom stereocenters. The summed E-state index contributed by atoms with van der Waals surface area (Å²) in [5.74, 6) is -1.33. The molecule has 154 valence electrons. The summed E-state index contributed by atoms with van der Waals surface area (Å²) < 4.78 is 38.8. The highest BCUT2D eigenvalue weighted by atomic mass is 35.5. The molecule has 0 unspecified atom stereocenters. The average Bonchev–Trinajstić information content (AvgIpc) is 2.68. The molecule has 1 amide bonds. The van der Waals surface area contributed by atoms with Crippen LogP contribution in [-0.4, -0.2) is 32.2 Å². The van der Waals surface area contributed by atoms with Gasteiger partial charge in [0.1, 0.15) is 0 Å². The molecule has 0 aliphatic carbocycles. The summed E-state index contributed by atoms with van der Waals surface area (Å²) in [6, 6.07) is 9.17. The number of esters is 1. The van der Waals surface area contributed by atoms with Crippen molar-refractivity contribution in [2.24, 2.45) is 0 Å². The minimum absolute atomic E-state index is 0.0805. The van der Waals surface area contributed by atoms with Crippen LogP contribution in [0.4, 0.5) is 14.5 Å². The van der Waals surface area contributed by atoms with Crippen molar-refractivity contribution in [3.05, 3.63) is 58.6 Å². The highest BCUT2D eigenvalue weighted by Crippen LogP contribution is 2.29. The Morgan fingerprint density at radius 2 is 1.93 bits per heavy atom. The highest BCUT2D eigenvalue weighted by molar-refractivity contribution is 6.31. The number of amides is 1. The monoisotopic (exact) mass is 425 g/mol. The van der Waals surface area contributed by atoms with Gasteiger partial charge in [-0.15, -0.1) is 0 Å². The topological polar surface area (TPSA) is 73.9 Å². The highest BCUT2D eigenvalue weighted by Gasteiger charge is 2.11. The fourth-order valence-corrected chi connectivity index (χ4v) is 2.38. The minimum atomic E-state index is -2.98. The zero-order valence-electron chi connectivity index (χ0n) is 15.6. The largest absolute Gasteiger partial charge is 0.493 e. The summed E-state index contributed by atoms with van der Waals surface area (Å²) in [6.45, 7) is -1.64. The average molecular weight is 426 g/mol. The van der Waals surface area contributed by atoms with E-state index in [1.807, 2.05) is 6.92 Å². The number of benzene rings is 2. The summed E-state index contributed by atoms with van der Waals surface area (Å²) in [7, 11) is 1.30. The molecule has 0 spiro atoms. The number of aryl methyl sites for hydroxylation is 1. The van der Waals surface area contributed by atoms with Gasteiger partial charge in [-0.1, -0.05) is 23.7 Å². The number of carbonyl (C=O) groups is 2. The van der Waals surface area contributed by atoms with E-state index in [1.54, 1.807) is 18.2 Å². The Morgan fingerprint density at radius 1 is 1.17 bits per heavy atom. The lowest BCUT2D eigenvalue weighted by molar-refractivity contribution is -0.142. The van der Waals surface area contributed by atoms with E-state index in [9.17, 15) is 18.4 Å². The van der Waals surface area contributed by atoms with Gasteiger partial charge in [-0.25, -0.2) is 4.79 Å². The predicted octanol–water partition coefficient (Wildman–Crippen LogP) is 4.45. The molecule has 0 radical (unpaired) electrons. The third-order valence-electron chi connectivity index (χ3n) is 3.62. The van der Waals surface area contributed by atoms with Crippen molar-refractivity contribution in [3.8, 4) is 11.5 Å². The van der Waals surface area contributed by atoms with Gasteiger partial charge in [0, 0.05) is 16.8 Å². The number of hydrogen-bond donors (Lipinski definition) is 1. The molecule has 0 aromatic heterocycles. The number of carbonyl (C=O) groups excluding carboxylic acids is 2. The maximum Gasteiger partial charge on any atom is 0.387 e. The molecule has 2 aromatic rings. The molecule has 0 saturated heterocycles. The minimum Gasteiger partial charge on any atom is -0.493 e. The van der Waals surface area contributed by atoms with Crippen LogP contribution in [0.5, 0.6) is 11.5 Å². The van der Waals surface area contributed by atoms with Crippen molar-refractivity contribution < 1.29 is 32.6 Å². The normalized spacial score (nSPS) is 10.8. The van der Waals surface area contributed by atoms with Crippen LogP contribution in [0.3, 0.4) is 0 Å². The van der Waals surface area contributed by atoms with Crippen molar-refractivity contribution in [1.29, 1.82) is 0 Å². The van der Waals surface area contributed by atoms with Gasteiger partial charge in [-0.3, -0.25) is 4.79 Å². The first kappa shape index (κ1) is 22.2. The van der Waals surface area contributed by atoms with Gasteiger partial charge in [0.05, 0.1) is 7.11 Å². The maximum atomic E-state index is 12.3. The fourth-order valence-electron chi connectivity index (χ4n) is 2.20. The Labute approximate surface area is 171 Å². The number of halogens is 3. The van der Waals surface area contributed by atoms with Crippen LogP contribution in [0.15, 0.2) is 42.5 Å². The van der Waals surface area contributed by atoms with Crippen LogP contribution < -0.4 is 14.8 Å². The smallest absolute Gasteiger partial charge is 0.387 e. The number of ether oxygens (including phenoxy) is 3.